The highest BCUT2D eigenvalue weighted by molar-refractivity contribution is 6.08. The number of aromatic nitrogens is 2. The first kappa shape index (κ1) is 18.0. The van der Waals surface area contributed by atoms with Crippen LogP contribution in [0.3, 0.4) is 0 Å². The van der Waals surface area contributed by atoms with Crippen LogP contribution >= 0.6 is 0 Å². The zero-order valence-corrected chi connectivity index (χ0v) is 15.1. The van der Waals surface area contributed by atoms with E-state index in [-0.39, 0.29) is 18.1 Å². The Morgan fingerprint density at radius 1 is 1.07 bits per heavy atom. The first-order chi connectivity index (χ1) is 14.2. The maximum atomic E-state index is 12.8. The first-order valence-corrected chi connectivity index (χ1v) is 8.75. The fourth-order valence-electron chi connectivity index (χ4n) is 2.84. The van der Waals surface area contributed by atoms with Crippen molar-refractivity contribution in [2.75, 3.05) is 5.32 Å². The molecule has 0 atom stereocenters. The van der Waals surface area contributed by atoms with Gasteiger partial charge in [-0.1, -0.05) is 6.07 Å². The standard InChI is InChI=1S/C21H15N5O3/c22-12-14-6-8-15(9-7-14)24-20(27)18-17-5-1-2-10-26(17)19(25-18)21(28)23-13-16-4-3-11-29-16/h1-11H,13H2,(H,23,28)(H,24,27). The van der Waals surface area contributed by atoms with Gasteiger partial charge in [-0.25, -0.2) is 4.98 Å². The minimum atomic E-state index is -0.455. The molecular weight excluding hydrogens is 370 g/mol. The summed E-state index contributed by atoms with van der Waals surface area (Å²) in [5.74, 6) is -0.182. The number of carbonyl (C=O) groups excluding carboxylic acids is 2. The summed E-state index contributed by atoms with van der Waals surface area (Å²) < 4.78 is 6.77. The molecule has 8 heteroatoms. The van der Waals surface area contributed by atoms with Crippen molar-refractivity contribution in [2.24, 2.45) is 0 Å². The third-order valence-electron chi connectivity index (χ3n) is 4.24. The Morgan fingerprint density at radius 3 is 2.62 bits per heavy atom. The molecule has 0 saturated heterocycles. The van der Waals surface area contributed by atoms with E-state index in [2.05, 4.69) is 15.6 Å². The molecule has 0 radical (unpaired) electrons. The molecule has 142 valence electrons. The van der Waals surface area contributed by atoms with Gasteiger partial charge in [0.1, 0.15) is 5.76 Å². The number of rotatable bonds is 5. The summed E-state index contributed by atoms with van der Waals surface area (Å²) in [5.41, 5.74) is 1.64. The maximum absolute atomic E-state index is 12.8. The van der Waals surface area contributed by atoms with E-state index in [1.807, 2.05) is 6.07 Å². The number of nitrogens with one attached hydrogen (secondary N) is 2. The molecule has 1 aromatic carbocycles. The SMILES string of the molecule is N#Cc1ccc(NC(=O)c2nc(C(=O)NCc3ccco3)n3ccccc23)cc1. The number of fused-ring (bicyclic) bond motifs is 1. The van der Waals surface area contributed by atoms with Crippen LogP contribution in [0.1, 0.15) is 32.4 Å². The lowest BCUT2D eigenvalue weighted by molar-refractivity contribution is 0.0937. The number of pyridine rings is 1. The van der Waals surface area contributed by atoms with Crippen LogP contribution in [-0.4, -0.2) is 21.2 Å². The van der Waals surface area contributed by atoms with Gasteiger partial charge in [0.05, 0.1) is 30.0 Å². The van der Waals surface area contributed by atoms with E-state index < -0.39 is 11.8 Å². The molecule has 0 aliphatic heterocycles. The monoisotopic (exact) mass is 385 g/mol. The summed E-state index contributed by atoms with van der Waals surface area (Å²) in [5, 5.41) is 14.3. The van der Waals surface area contributed by atoms with Gasteiger partial charge in [-0.05, 0) is 48.5 Å². The summed E-state index contributed by atoms with van der Waals surface area (Å²) >= 11 is 0. The van der Waals surface area contributed by atoms with Crippen LogP contribution in [0.25, 0.3) is 5.52 Å². The zero-order chi connectivity index (χ0) is 20.2. The number of anilines is 1. The van der Waals surface area contributed by atoms with Gasteiger partial charge in [0.15, 0.2) is 5.69 Å². The molecule has 0 fully saturated rings. The highest BCUT2D eigenvalue weighted by Crippen LogP contribution is 2.16. The summed E-state index contributed by atoms with van der Waals surface area (Å²) in [6, 6.07) is 17.2. The number of furan rings is 1. The molecule has 4 aromatic rings. The molecule has 0 aliphatic rings. The molecule has 2 N–H and O–H groups in total. The third-order valence-corrected chi connectivity index (χ3v) is 4.24. The normalized spacial score (nSPS) is 10.4. The van der Waals surface area contributed by atoms with Crippen molar-refractivity contribution in [3.8, 4) is 6.07 Å². The Balaban J connectivity index is 1.60. The van der Waals surface area contributed by atoms with Crippen LogP contribution in [-0.2, 0) is 6.54 Å². The summed E-state index contributed by atoms with van der Waals surface area (Å²) in [6.07, 6.45) is 3.20. The molecule has 0 saturated carbocycles. The Bertz CT molecular complexity index is 1220. The number of hydrogen-bond acceptors (Lipinski definition) is 5. The van der Waals surface area contributed by atoms with Gasteiger partial charge >= 0.3 is 0 Å². The number of imidazole rings is 1. The second-order valence-electron chi connectivity index (χ2n) is 6.15. The van der Waals surface area contributed by atoms with Crippen LogP contribution in [0.2, 0.25) is 0 Å². The highest BCUT2D eigenvalue weighted by atomic mass is 16.3. The second kappa shape index (κ2) is 7.70. The molecule has 29 heavy (non-hydrogen) atoms. The molecule has 0 bridgehead atoms. The number of nitriles is 1. The number of nitrogens with zero attached hydrogens (tertiary/aromatic N) is 3. The number of carbonyl (C=O) groups is 2. The van der Waals surface area contributed by atoms with Crippen LogP contribution in [0.4, 0.5) is 5.69 Å². The fourth-order valence-corrected chi connectivity index (χ4v) is 2.84. The highest BCUT2D eigenvalue weighted by Gasteiger charge is 2.21. The van der Waals surface area contributed by atoms with E-state index in [1.54, 1.807) is 65.2 Å². The molecule has 8 nitrogen and oxygen atoms in total. The summed E-state index contributed by atoms with van der Waals surface area (Å²) in [6.45, 7) is 0.209. The van der Waals surface area contributed by atoms with Crippen LogP contribution in [0, 0.1) is 11.3 Å². The van der Waals surface area contributed by atoms with Crippen molar-refractivity contribution in [1.82, 2.24) is 14.7 Å². The number of benzene rings is 1. The Morgan fingerprint density at radius 2 is 1.90 bits per heavy atom. The van der Waals surface area contributed by atoms with Gasteiger partial charge in [0.25, 0.3) is 11.8 Å². The minimum absolute atomic E-state index is 0.0946. The topological polar surface area (TPSA) is 112 Å². The van der Waals surface area contributed by atoms with Crippen molar-refractivity contribution in [1.29, 1.82) is 5.26 Å². The van der Waals surface area contributed by atoms with Crippen LogP contribution in [0.5, 0.6) is 0 Å². The van der Waals surface area contributed by atoms with Crippen molar-refractivity contribution in [2.45, 2.75) is 6.54 Å². The quantitative estimate of drug-likeness (QED) is 0.548. The van der Waals surface area contributed by atoms with Crippen molar-refractivity contribution < 1.29 is 14.0 Å². The smallest absolute Gasteiger partial charge is 0.288 e. The largest absolute Gasteiger partial charge is 0.467 e. The first-order valence-electron chi connectivity index (χ1n) is 8.75. The zero-order valence-electron chi connectivity index (χ0n) is 15.1. The van der Waals surface area contributed by atoms with Crippen molar-refractivity contribution in [3.05, 3.63) is 89.9 Å². The number of hydrogen-bond donors (Lipinski definition) is 2. The molecular formula is C21H15N5O3. The predicted molar refractivity (Wildman–Crippen MR) is 104 cm³/mol. The Kier molecular flexibility index (Phi) is 4.78. The molecule has 3 heterocycles. The Hall–Kier alpha value is -4.38. The van der Waals surface area contributed by atoms with Crippen molar-refractivity contribution in [3.63, 3.8) is 0 Å². The predicted octanol–water partition coefficient (Wildman–Crippen LogP) is 2.98. The van der Waals surface area contributed by atoms with Gasteiger partial charge < -0.3 is 15.1 Å². The molecule has 0 unspecified atom stereocenters. The van der Waals surface area contributed by atoms with E-state index in [0.717, 1.165) is 0 Å². The Labute approximate surface area is 165 Å². The molecule has 2 amide bonds. The van der Waals surface area contributed by atoms with Crippen LogP contribution in [0.15, 0.2) is 71.5 Å². The molecule has 3 aromatic heterocycles. The molecule has 0 spiro atoms. The van der Waals surface area contributed by atoms with Gasteiger partial charge in [0, 0.05) is 11.9 Å². The van der Waals surface area contributed by atoms with Gasteiger partial charge in [-0.2, -0.15) is 5.26 Å². The van der Waals surface area contributed by atoms with Crippen LogP contribution < -0.4 is 10.6 Å². The summed E-state index contributed by atoms with van der Waals surface area (Å²) in [4.78, 5) is 29.7. The average Bonchev–Trinajstić information content (AvgIpc) is 3.40. The lowest BCUT2D eigenvalue weighted by Gasteiger charge is -2.03. The van der Waals surface area contributed by atoms with Gasteiger partial charge in [-0.3, -0.25) is 14.0 Å². The van der Waals surface area contributed by atoms with E-state index in [4.69, 9.17) is 9.68 Å². The van der Waals surface area contributed by atoms with Gasteiger partial charge in [-0.15, -0.1) is 0 Å². The maximum Gasteiger partial charge on any atom is 0.288 e. The molecule has 0 aliphatic carbocycles. The third kappa shape index (κ3) is 3.70. The van der Waals surface area contributed by atoms with E-state index in [1.165, 1.54) is 6.26 Å². The summed E-state index contributed by atoms with van der Waals surface area (Å²) in [7, 11) is 0. The van der Waals surface area contributed by atoms with Gasteiger partial charge in [0.2, 0.25) is 5.82 Å². The number of amides is 2. The lowest BCUT2D eigenvalue weighted by atomic mass is 10.2. The fraction of sp³-hybridized carbons (Fsp3) is 0.0476. The van der Waals surface area contributed by atoms with E-state index in [9.17, 15) is 9.59 Å². The van der Waals surface area contributed by atoms with E-state index in [0.29, 0.717) is 22.5 Å². The average molecular weight is 385 g/mol. The second-order valence-corrected chi connectivity index (χ2v) is 6.15. The lowest BCUT2D eigenvalue weighted by Crippen LogP contribution is -2.25. The van der Waals surface area contributed by atoms with Crippen molar-refractivity contribution >= 4 is 23.0 Å². The minimum Gasteiger partial charge on any atom is -0.467 e. The molecule has 4 rings (SSSR count). The van der Waals surface area contributed by atoms with E-state index >= 15 is 0 Å².